The zero-order chi connectivity index (χ0) is 24.5. The summed E-state index contributed by atoms with van der Waals surface area (Å²) in [5, 5.41) is 4.67. The molecule has 4 aromatic heterocycles. The van der Waals surface area contributed by atoms with Crippen LogP contribution in [-0.4, -0.2) is 50.8 Å². The number of anilines is 3. The number of hydrogen-bond acceptors (Lipinski definition) is 7. The Hall–Kier alpha value is -4.50. The Labute approximate surface area is 207 Å². The minimum Gasteiger partial charge on any atom is -0.378 e. The number of aromatic nitrogens is 5. The summed E-state index contributed by atoms with van der Waals surface area (Å²) < 4.78 is 7.33. The molecule has 1 fully saturated rings. The number of nitrogens with one attached hydrogen (secondary N) is 2. The number of benzene rings is 1. The molecule has 0 unspecified atom stereocenters. The Morgan fingerprint density at radius 1 is 1.03 bits per heavy atom. The Bertz CT molecular complexity index is 1570. The first kappa shape index (κ1) is 22.0. The third-order valence-corrected chi connectivity index (χ3v) is 6.28. The van der Waals surface area contributed by atoms with Crippen LogP contribution in [0.1, 0.15) is 5.69 Å². The second kappa shape index (κ2) is 9.27. The summed E-state index contributed by atoms with van der Waals surface area (Å²) in [4.78, 5) is 31.5. The van der Waals surface area contributed by atoms with Gasteiger partial charge in [-0.05, 0) is 60.8 Å². The molecule has 1 aliphatic heterocycles. The van der Waals surface area contributed by atoms with Gasteiger partial charge in [0.2, 0.25) is 0 Å². The molecule has 0 amide bonds. The van der Waals surface area contributed by atoms with Gasteiger partial charge in [-0.2, -0.15) is 0 Å². The van der Waals surface area contributed by atoms with E-state index in [9.17, 15) is 4.79 Å². The molecule has 36 heavy (non-hydrogen) atoms. The second-order valence-electron chi connectivity index (χ2n) is 8.73. The molecule has 0 atom stereocenters. The summed E-state index contributed by atoms with van der Waals surface area (Å²) in [7, 11) is 0. The number of hydrogen-bond donors (Lipinski definition) is 2. The van der Waals surface area contributed by atoms with Gasteiger partial charge in [-0.25, -0.2) is 15.0 Å². The molecule has 6 rings (SSSR count). The summed E-state index contributed by atoms with van der Waals surface area (Å²) in [6.45, 7) is 5.18. The van der Waals surface area contributed by atoms with E-state index in [1.807, 2.05) is 54.1 Å². The van der Waals surface area contributed by atoms with Crippen LogP contribution in [0.3, 0.4) is 0 Å². The number of ether oxygens (including phenoxy) is 1. The van der Waals surface area contributed by atoms with Crippen molar-refractivity contribution >= 4 is 28.0 Å². The minimum absolute atomic E-state index is 0.192. The Balaban J connectivity index is 1.34. The third kappa shape index (κ3) is 4.32. The lowest BCUT2D eigenvalue weighted by Crippen LogP contribution is -2.36. The van der Waals surface area contributed by atoms with Crippen molar-refractivity contribution in [1.29, 1.82) is 0 Å². The van der Waals surface area contributed by atoms with Gasteiger partial charge in [0.25, 0.3) is 5.56 Å². The first-order valence-electron chi connectivity index (χ1n) is 11.8. The Kier molecular flexibility index (Phi) is 5.67. The lowest BCUT2D eigenvalue weighted by molar-refractivity contribution is 0.122. The summed E-state index contributed by atoms with van der Waals surface area (Å²) in [5.41, 5.74) is 4.31. The smallest absolute Gasteiger partial charge is 0.259 e. The molecule has 0 bridgehead atoms. The van der Waals surface area contributed by atoms with Gasteiger partial charge in [-0.1, -0.05) is 0 Å². The summed E-state index contributed by atoms with van der Waals surface area (Å²) in [6, 6.07) is 15.9. The average Bonchev–Trinajstić information content (AvgIpc) is 3.36. The third-order valence-electron chi connectivity index (χ3n) is 6.28. The molecule has 5 heterocycles. The minimum atomic E-state index is -0.192. The molecule has 9 heteroatoms. The predicted octanol–water partition coefficient (Wildman–Crippen LogP) is 4.06. The van der Waals surface area contributed by atoms with Crippen LogP contribution in [0.15, 0.2) is 78.2 Å². The van der Waals surface area contributed by atoms with Crippen LogP contribution in [0.25, 0.3) is 27.8 Å². The molecule has 5 aromatic rings. The molecule has 0 saturated carbocycles. The van der Waals surface area contributed by atoms with E-state index in [0.29, 0.717) is 11.2 Å². The number of aryl methyl sites for hydroxylation is 1. The zero-order valence-corrected chi connectivity index (χ0v) is 19.8. The quantitative estimate of drug-likeness (QED) is 0.392. The van der Waals surface area contributed by atoms with Crippen molar-refractivity contribution in [3.8, 4) is 17.1 Å². The van der Waals surface area contributed by atoms with Crippen LogP contribution in [-0.2, 0) is 4.74 Å². The lowest BCUT2D eigenvalue weighted by Gasteiger charge is -2.28. The molecule has 0 aliphatic carbocycles. The fraction of sp³-hybridized carbons (Fsp3) is 0.185. The highest BCUT2D eigenvalue weighted by Gasteiger charge is 2.14. The van der Waals surface area contributed by atoms with Gasteiger partial charge < -0.3 is 19.9 Å². The highest BCUT2D eigenvalue weighted by molar-refractivity contribution is 5.95. The van der Waals surface area contributed by atoms with Gasteiger partial charge in [0, 0.05) is 48.6 Å². The Morgan fingerprint density at radius 3 is 2.58 bits per heavy atom. The van der Waals surface area contributed by atoms with Crippen LogP contribution in [0.5, 0.6) is 0 Å². The van der Waals surface area contributed by atoms with E-state index in [2.05, 4.69) is 37.3 Å². The molecule has 1 aromatic carbocycles. The molecule has 1 aliphatic rings. The Morgan fingerprint density at radius 2 is 1.86 bits per heavy atom. The SMILES string of the molecule is Cc1cn(-c2ccc(-c3cc4cc[nH]c(=O)c4c(Nc4ccc(N5CCOCC5)cc4)n3)cn2)cn1. The normalized spacial score (nSPS) is 13.8. The first-order valence-corrected chi connectivity index (χ1v) is 11.8. The fourth-order valence-corrected chi connectivity index (χ4v) is 4.40. The highest BCUT2D eigenvalue weighted by atomic mass is 16.5. The van der Waals surface area contributed by atoms with Gasteiger partial charge in [0.05, 0.1) is 30.0 Å². The number of rotatable bonds is 5. The van der Waals surface area contributed by atoms with Gasteiger partial charge in [-0.3, -0.25) is 9.36 Å². The van der Waals surface area contributed by atoms with E-state index >= 15 is 0 Å². The molecular formula is C27H25N7O2. The van der Waals surface area contributed by atoms with E-state index < -0.39 is 0 Å². The van der Waals surface area contributed by atoms with Crippen molar-refractivity contribution in [1.82, 2.24) is 24.5 Å². The van der Waals surface area contributed by atoms with Crippen LogP contribution >= 0.6 is 0 Å². The van der Waals surface area contributed by atoms with Crippen molar-refractivity contribution in [3.63, 3.8) is 0 Å². The van der Waals surface area contributed by atoms with Crippen molar-refractivity contribution < 1.29 is 4.74 Å². The number of aromatic amines is 1. The molecule has 2 N–H and O–H groups in total. The predicted molar refractivity (Wildman–Crippen MR) is 140 cm³/mol. The van der Waals surface area contributed by atoms with Crippen LogP contribution in [0.2, 0.25) is 0 Å². The molecule has 0 radical (unpaired) electrons. The zero-order valence-electron chi connectivity index (χ0n) is 19.8. The fourth-order valence-electron chi connectivity index (χ4n) is 4.40. The topological polar surface area (TPSA) is 101 Å². The van der Waals surface area contributed by atoms with Gasteiger partial charge in [0.15, 0.2) is 0 Å². The van der Waals surface area contributed by atoms with Crippen LogP contribution in [0.4, 0.5) is 17.2 Å². The number of imidazole rings is 1. The van der Waals surface area contributed by atoms with E-state index in [0.717, 1.165) is 65.8 Å². The lowest BCUT2D eigenvalue weighted by atomic mass is 10.1. The number of morpholine rings is 1. The van der Waals surface area contributed by atoms with E-state index in [1.54, 1.807) is 18.7 Å². The first-order chi connectivity index (χ1) is 17.6. The molecule has 1 saturated heterocycles. The molecule has 9 nitrogen and oxygen atoms in total. The molecule has 0 spiro atoms. The second-order valence-corrected chi connectivity index (χ2v) is 8.73. The van der Waals surface area contributed by atoms with Gasteiger partial charge in [-0.15, -0.1) is 0 Å². The standard InChI is InChI=1S/C27H25N7O2/c1-18-16-34(17-30-18)24-7-2-20(15-29-24)23-14-19-8-9-28-27(35)25(19)26(32-23)31-21-3-5-22(6-4-21)33-10-12-36-13-11-33/h2-9,14-17H,10-13H2,1H3,(H,28,35)(H,31,32). The van der Waals surface area contributed by atoms with Gasteiger partial charge in [0.1, 0.15) is 18.0 Å². The number of pyridine rings is 3. The van der Waals surface area contributed by atoms with Crippen molar-refractivity contribution in [2.45, 2.75) is 6.92 Å². The average molecular weight is 480 g/mol. The monoisotopic (exact) mass is 479 g/mol. The maximum atomic E-state index is 12.7. The van der Waals surface area contributed by atoms with E-state index in [4.69, 9.17) is 9.72 Å². The molecular weight excluding hydrogens is 454 g/mol. The van der Waals surface area contributed by atoms with Crippen molar-refractivity contribution in [2.24, 2.45) is 0 Å². The number of H-pyrrole nitrogens is 1. The van der Waals surface area contributed by atoms with Crippen LogP contribution < -0.4 is 15.8 Å². The maximum Gasteiger partial charge on any atom is 0.259 e. The highest BCUT2D eigenvalue weighted by Crippen LogP contribution is 2.29. The largest absolute Gasteiger partial charge is 0.378 e. The number of nitrogens with zero attached hydrogens (tertiary/aromatic N) is 5. The van der Waals surface area contributed by atoms with Crippen molar-refractivity contribution in [2.75, 3.05) is 36.5 Å². The van der Waals surface area contributed by atoms with Crippen molar-refractivity contribution in [3.05, 3.63) is 89.5 Å². The van der Waals surface area contributed by atoms with E-state index in [1.165, 1.54) is 0 Å². The number of fused-ring (bicyclic) bond motifs is 1. The molecule has 180 valence electrons. The van der Waals surface area contributed by atoms with Crippen LogP contribution in [0, 0.1) is 6.92 Å². The van der Waals surface area contributed by atoms with Gasteiger partial charge >= 0.3 is 0 Å². The van der Waals surface area contributed by atoms with E-state index in [-0.39, 0.29) is 5.56 Å². The summed E-state index contributed by atoms with van der Waals surface area (Å²) in [6.07, 6.45) is 7.10. The summed E-state index contributed by atoms with van der Waals surface area (Å²) >= 11 is 0. The maximum absolute atomic E-state index is 12.7. The summed E-state index contributed by atoms with van der Waals surface area (Å²) in [5.74, 6) is 1.27.